The van der Waals surface area contributed by atoms with Crippen molar-refractivity contribution in [2.24, 2.45) is 5.92 Å². The third-order valence-corrected chi connectivity index (χ3v) is 4.07. The van der Waals surface area contributed by atoms with Crippen molar-refractivity contribution < 1.29 is 5.11 Å². The quantitative estimate of drug-likeness (QED) is 0.800. The Morgan fingerprint density at radius 1 is 1.28 bits per heavy atom. The molecule has 0 saturated carbocycles. The Bertz CT molecular complexity index is 352. The van der Waals surface area contributed by atoms with Gasteiger partial charge in [-0.2, -0.15) is 0 Å². The van der Waals surface area contributed by atoms with Crippen molar-refractivity contribution in [2.45, 2.75) is 45.8 Å². The van der Waals surface area contributed by atoms with Crippen molar-refractivity contribution in [3.8, 4) is 0 Å². The monoisotopic (exact) mass is 313 g/mol. The van der Waals surface area contributed by atoms with Crippen molar-refractivity contribution in [3.63, 3.8) is 0 Å². The molecule has 0 radical (unpaired) electrons. The predicted octanol–water partition coefficient (Wildman–Crippen LogP) is 3.90. The van der Waals surface area contributed by atoms with Crippen LogP contribution in [0, 0.1) is 5.92 Å². The van der Waals surface area contributed by atoms with Crippen LogP contribution in [0.25, 0.3) is 0 Å². The van der Waals surface area contributed by atoms with Crippen LogP contribution in [0.2, 0.25) is 0 Å². The molecule has 0 bridgehead atoms. The molecule has 0 aliphatic carbocycles. The highest BCUT2D eigenvalue weighted by Crippen LogP contribution is 2.18. The minimum atomic E-state index is -0.255. The molecule has 2 unspecified atom stereocenters. The molecular formula is C15H24BrNO. The molecule has 0 heterocycles. The van der Waals surface area contributed by atoms with E-state index in [0.717, 1.165) is 17.3 Å². The van der Waals surface area contributed by atoms with Gasteiger partial charge in [-0.15, -0.1) is 0 Å². The summed E-state index contributed by atoms with van der Waals surface area (Å²) < 4.78 is 1.09. The summed E-state index contributed by atoms with van der Waals surface area (Å²) in [5.41, 5.74) is 1.24. The molecule has 0 aromatic heterocycles. The summed E-state index contributed by atoms with van der Waals surface area (Å²) in [5.74, 6) is 0.396. The van der Waals surface area contributed by atoms with Crippen LogP contribution >= 0.6 is 15.9 Å². The Labute approximate surface area is 119 Å². The molecule has 0 fully saturated rings. The van der Waals surface area contributed by atoms with Gasteiger partial charge in [0.1, 0.15) is 0 Å². The molecule has 2 nitrogen and oxygen atoms in total. The maximum absolute atomic E-state index is 10.1. The molecule has 0 aliphatic heterocycles. The maximum Gasteiger partial charge on any atom is 0.0692 e. The number of aliphatic hydroxyl groups is 1. The maximum atomic E-state index is 10.1. The highest BCUT2D eigenvalue weighted by Gasteiger charge is 2.16. The van der Waals surface area contributed by atoms with Crippen molar-refractivity contribution in [1.29, 1.82) is 0 Å². The van der Waals surface area contributed by atoms with Gasteiger partial charge >= 0.3 is 0 Å². The smallest absolute Gasteiger partial charge is 0.0692 e. The Hall–Kier alpha value is -0.380. The second-order valence-corrected chi connectivity index (χ2v) is 5.74. The molecule has 0 aliphatic rings. The third kappa shape index (κ3) is 4.71. The van der Waals surface area contributed by atoms with Gasteiger partial charge in [-0.3, -0.25) is 0 Å². The Kier molecular flexibility index (Phi) is 6.90. The lowest BCUT2D eigenvalue weighted by Crippen LogP contribution is -2.33. The van der Waals surface area contributed by atoms with E-state index in [0.29, 0.717) is 12.5 Å². The van der Waals surface area contributed by atoms with E-state index in [1.165, 1.54) is 5.56 Å². The van der Waals surface area contributed by atoms with Crippen molar-refractivity contribution in [2.75, 3.05) is 6.54 Å². The molecule has 3 heteroatoms. The van der Waals surface area contributed by atoms with E-state index in [-0.39, 0.29) is 12.1 Å². The van der Waals surface area contributed by atoms with Crippen LogP contribution in [0.5, 0.6) is 0 Å². The first-order chi connectivity index (χ1) is 8.58. The average molecular weight is 314 g/mol. The van der Waals surface area contributed by atoms with E-state index in [2.05, 4.69) is 54.2 Å². The normalized spacial score (nSPS) is 14.8. The number of aliphatic hydroxyl groups excluding tert-OH is 1. The summed E-state index contributed by atoms with van der Waals surface area (Å²) in [5, 5.41) is 13.5. The van der Waals surface area contributed by atoms with Gasteiger partial charge in [0.25, 0.3) is 0 Å². The van der Waals surface area contributed by atoms with Gasteiger partial charge in [-0.05, 0) is 30.5 Å². The van der Waals surface area contributed by atoms with Crippen LogP contribution in [0.3, 0.4) is 0 Å². The topological polar surface area (TPSA) is 32.3 Å². The molecule has 0 amide bonds. The fraction of sp³-hybridized carbons (Fsp3) is 0.600. The summed E-state index contributed by atoms with van der Waals surface area (Å²) >= 11 is 3.48. The fourth-order valence-electron chi connectivity index (χ4n) is 2.19. The number of hydrogen-bond donors (Lipinski definition) is 2. The predicted molar refractivity (Wildman–Crippen MR) is 80.6 cm³/mol. The van der Waals surface area contributed by atoms with Crippen molar-refractivity contribution in [3.05, 3.63) is 34.3 Å². The first kappa shape index (κ1) is 15.7. The molecule has 18 heavy (non-hydrogen) atoms. The fourth-order valence-corrected chi connectivity index (χ4v) is 2.61. The third-order valence-electron chi connectivity index (χ3n) is 3.57. The molecular weight excluding hydrogens is 290 g/mol. The molecule has 2 N–H and O–H groups in total. The lowest BCUT2D eigenvalue weighted by molar-refractivity contribution is 0.0989. The van der Waals surface area contributed by atoms with E-state index >= 15 is 0 Å². The van der Waals surface area contributed by atoms with E-state index < -0.39 is 0 Å². The molecule has 102 valence electrons. The zero-order valence-electron chi connectivity index (χ0n) is 11.5. The van der Waals surface area contributed by atoms with Gasteiger partial charge in [0, 0.05) is 17.1 Å². The lowest BCUT2D eigenvalue weighted by Gasteiger charge is -2.23. The molecule has 2 atom stereocenters. The van der Waals surface area contributed by atoms with Gasteiger partial charge in [0.05, 0.1) is 6.10 Å². The zero-order valence-corrected chi connectivity index (χ0v) is 13.1. The second-order valence-electron chi connectivity index (χ2n) is 4.83. The minimum Gasteiger partial charge on any atom is -0.392 e. The van der Waals surface area contributed by atoms with Crippen LogP contribution in [0.15, 0.2) is 28.7 Å². The minimum absolute atomic E-state index is 0.255. The highest BCUT2D eigenvalue weighted by atomic mass is 79.9. The van der Waals surface area contributed by atoms with E-state index in [1.807, 2.05) is 12.1 Å². The molecule has 1 rings (SSSR count). The SMILES string of the molecule is CCC(CC)C(O)CNC(C)c1cccc(Br)c1. The Morgan fingerprint density at radius 2 is 1.94 bits per heavy atom. The molecule has 1 aromatic carbocycles. The van der Waals surface area contributed by atoms with Crippen LogP contribution in [0.4, 0.5) is 0 Å². The van der Waals surface area contributed by atoms with Gasteiger partial charge in [0.2, 0.25) is 0 Å². The van der Waals surface area contributed by atoms with E-state index in [4.69, 9.17) is 0 Å². The highest BCUT2D eigenvalue weighted by molar-refractivity contribution is 9.10. The number of hydrogen-bond acceptors (Lipinski definition) is 2. The largest absolute Gasteiger partial charge is 0.392 e. The average Bonchev–Trinajstić information content (AvgIpc) is 2.37. The van der Waals surface area contributed by atoms with E-state index in [9.17, 15) is 5.11 Å². The van der Waals surface area contributed by atoms with Crippen molar-refractivity contribution in [1.82, 2.24) is 5.32 Å². The van der Waals surface area contributed by atoms with E-state index in [1.54, 1.807) is 0 Å². The molecule has 1 aromatic rings. The van der Waals surface area contributed by atoms with Crippen LogP contribution in [-0.4, -0.2) is 17.8 Å². The lowest BCUT2D eigenvalue weighted by atomic mass is 9.96. The van der Waals surface area contributed by atoms with Gasteiger partial charge in [0.15, 0.2) is 0 Å². The zero-order chi connectivity index (χ0) is 13.5. The number of halogens is 1. The first-order valence-electron chi connectivity index (χ1n) is 6.75. The van der Waals surface area contributed by atoms with Crippen molar-refractivity contribution >= 4 is 15.9 Å². The van der Waals surface area contributed by atoms with Crippen LogP contribution < -0.4 is 5.32 Å². The summed E-state index contributed by atoms with van der Waals surface area (Å²) in [6.07, 6.45) is 1.81. The molecule has 0 saturated heterocycles. The summed E-state index contributed by atoms with van der Waals surface area (Å²) in [6.45, 7) is 7.05. The first-order valence-corrected chi connectivity index (χ1v) is 7.54. The second kappa shape index (κ2) is 7.93. The van der Waals surface area contributed by atoms with Crippen LogP contribution in [-0.2, 0) is 0 Å². The van der Waals surface area contributed by atoms with Gasteiger partial charge in [-0.25, -0.2) is 0 Å². The summed E-state index contributed by atoms with van der Waals surface area (Å²) in [7, 11) is 0. The summed E-state index contributed by atoms with van der Waals surface area (Å²) in [4.78, 5) is 0. The number of nitrogens with one attached hydrogen (secondary N) is 1. The van der Waals surface area contributed by atoms with Gasteiger partial charge < -0.3 is 10.4 Å². The number of rotatable bonds is 7. The van der Waals surface area contributed by atoms with Gasteiger partial charge in [-0.1, -0.05) is 54.8 Å². The summed E-state index contributed by atoms with van der Waals surface area (Å²) in [6, 6.07) is 8.53. The number of benzene rings is 1. The standard InChI is InChI=1S/C15H24BrNO/c1-4-12(5-2)15(18)10-17-11(3)13-7-6-8-14(16)9-13/h6-9,11-12,15,17-18H,4-5,10H2,1-3H3. The Morgan fingerprint density at radius 3 is 2.50 bits per heavy atom. The van der Waals surface area contributed by atoms with Crippen LogP contribution in [0.1, 0.15) is 45.2 Å². The Balaban J connectivity index is 2.48. The molecule has 0 spiro atoms.